The van der Waals surface area contributed by atoms with Crippen LogP contribution in [0.3, 0.4) is 0 Å². The standard InChI is InChI=1S/C8H10O2/c1-2-6-7(9)4-3-5-8(6)10/h2,6H,1,3-5H2. The molecule has 0 bridgehead atoms. The minimum Gasteiger partial charge on any atom is -0.299 e. The first-order valence-corrected chi connectivity index (χ1v) is 3.43. The van der Waals surface area contributed by atoms with E-state index in [1.54, 1.807) is 0 Å². The van der Waals surface area contributed by atoms with Crippen molar-refractivity contribution >= 4 is 11.6 Å². The Kier molecular flexibility index (Phi) is 2.00. The molecule has 0 spiro atoms. The topological polar surface area (TPSA) is 34.1 Å². The predicted octanol–water partition coefficient (Wildman–Crippen LogP) is 1.11. The van der Waals surface area contributed by atoms with Gasteiger partial charge in [-0.3, -0.25) is 9.59 Å². The van der Waals surface area contributed by atoms with Gasteiger partial charge in [-0.05, 0) is 6.42 Å². The first-order chi connectivity index (χ1) is 4.75. The minimum atomic E-state index is -0.492. The summed E-state index contributed by atoms with van der Waals surface area (Å²) < 4.78 is 0. The lowest BCUT2D eigenvalue weighted by Crippen LogP contribution is -2.26. The number of allylic oxidation sites excluding steroid dienone is 1. The van der Waals surface area contributed by atoms with E-state index in [0.717, 1.165) is 6.42 Å². The zero-order valence-electron chi connectivity index (χ0n) is 5.80. The van der Waals surface area contributed by atoms with Gasteiger partial charge < -0.3 is 0 Å². The number of carbonyl (C=O) groups is 2. The van der Waals surface area contributed by atoms with E-state index in [1.165, 1.54) is 6.08 Å². The fourth-order valence-electron chi connectivity index (χ4n) is 1.19. The molecule has 0 N–H and O–H groups in total. The number of hydrogen-bond acceptors (Lipinski definition) is 2. The first-order valence-electron chi connectivity index (χ1n) is 3.43. The van der Waals surface area contributed by atoms with Crippen LogP contribution in [-0.2, 0) is 9.59 Å². The monoisotopic (exact) mass is 138 g/mol. The van der Waals surface area contributed by atoms with E-state index >= 15 is 0 Å². The second-order valence-corrected chi connectivity index (χ2v) is 2.50. The van der Waals surface area contributed by atoms with E-state index in [1.807, 2.05) is 0 Å². The molecule has 54 valence electrons. The fraction of sp³-hybridized carbons (Fsp3) is 0.500. The van der Waals surface area contributed by atoms with E-state index in [2.05, 4.69) is 6.58 Å². The number of hydrogen-bond donors (Lipinski definition) is 0. The molecule has 0 unspecified atom stereocenters. The lowest BCUT2D eigenvalue weighted by Gasteiger charge is -2.14. The molecule has 1 rings (SSSR count). The summed E-state index contributed by atoms with van der Waals surface area (Å²) in [5.41, 5.74) is 0. The molecule has 0 aromatic rings. The summed E-state index contributed by atoms with van der Waals surface area (Å²) in [4.78, 5) is 21.9. The van der Waals surface area contributed by atoms with Crippen LogP contribution in [0.4, 0.5) is 0 Å². The Hall–Kier alpha value is -0.920. The summed E-state index contributed by atoms with van der Waals surface area (Å²) in [6, 6.07) is 0. The van der Waals surface area contributed by atoms with Gasteiger partial charge in [0.25, 0.3) is 0 Å². The zero-order chi connectivity index (χ0) is 7.56. The van der Waals surface area contributed by atoms with Gasteiger partial charge in [-0.1, -0.05) is 6.08 Å². The average Bonchev–Trinajstić information content (AvgIpc) is 1.88. The molecule has 0 atom stereocenters. The van der Waals surface area contributed by atoms with E-state index < -0.39 is 5.92 Å². The molecule has 1 aliphatic carbocycles. The Morgan fingerprint density at radius 2 is 1.80 bits per heavy atom. The third-order valence-corrected chi connectivity index (χ3v) is 1.78. The van der Waals surface area contributed by atoms with Crippen LogP contribution in [0, 0.1) is 5.92 Å². The van der Waals surface area contributed by atoms with Crippen LogP contribution >= 0.6 is 0 Å². The SMILES string of the molecule is C=CC1C(=O)CCCC1=O. The highest BCUT2D eigenvalue weighted by Gasteiger charge is 2.26. The smallest absolute Gasteiger partial charge is 0.147 e. The van der Waals surface area contributed by atoms with Gasteiger partial charge in [0.1, 0.15) is 11.6 Å². The maximum absolute atomic E-state index is 10.9. The highest BCUT2D eigenvalue weighted by molar-refractivity contribution is 6.05. The Balaban J connectivity index is 2.71. The summed E-state index contributed by atoms with van der Waals surface area (Å²) in [5.74, 6) is -0.425. The van der Waals surface area contributed by atoms with Crippen LogP contribution in [0.2, 0.25) is 0 Å². The predicted molar refractivity (Wildman–Crippen MR) is 37.6 cm³/mol. The molecule has 0 saturated heterocycles. The molecule has 0 aromatic carbocycles. The van der Waals surface area contributed by atoms with Gasteiger partial charge in [0.2, 0.25) is 0 Å². The first kappa shape index (κ1) is 7.19. The second kappa shape index (κ2) is 2.78. The van der Waals surface area contributed by atoms with Crippen molar-refractivity contribution in [1.82, 2.24) is 0 Å². The van der Waals surface area contributed by atoms with Gasteiger partial charge in [-0.15, -0.1) is 6.58 Å². The average molecular weight is 138 g/mol. The van der Waals surface area contributed by atoms with Crippen molar-refractivity contribution in [3.8, 4) is 0 Å². The van der Waals surface area contributed by atoms with Crippen LogP contribution < -0.4 is 0 Å². The highest BCUT2D eigenvalue weighted by Crippen LogP contribution is 2.17. The van der Waals surface area contributed by atoms with Crippen molar-refractivity contribution in [3.05, 3.63) is 12.7 Å². The van der Waals surface area contributed by atoms with Gasteiger partial charge >= 0.3 is 0 Å². The molecule has 2 heteroatoms. The van der Waals surface area contributed by atoms with Crippen molar-refractivity contribution in [1.29, 1.82) is 0 Å². The normalized spacial score (nSPS) is 21.2. The summed E-state index contributed by atoms with van der Waals surface area (Å²) in [6.07, 6.45) is 3.26. The quantitative estimate of drug-likeness (QED) is 0.402. The van der Waals surface area contributed by atoms with Crippen molar-refractivity contribution in [3.63, 3.8) is 0 Å². The summed E-state index contributed by atoms with van der Waals surface area (Å²) in [7, 11) is 0. The van der Waals surface area contributed by atoms with E-state index in [-0.39, 0.29) is 11.6 Å². The van der Waals surface area contributed by atoms with Crippen molar-refractivity contribution in [2.45, 2.75) is 19.3 Å². The number of carbonyl (C=O) groups excluding carboxylic acids is 2. The third-order valence-electron chi connectivity index (χ3n) is 1.78. The number of ketones is 2. The van der Waals surface area contributed by atoms with Crippen LogP contribution in [0.1, 0.15) is 19.3 Å². The summed E-state index contributed by atoms with van der Waals surface area (Å²) in [5, 5.41) is 0. The molecule has 0 amide bonds. The van der Waals surface area contributed by atoms with E-state index in [0.29, 0.717) is 12.8 Å². The van der Waals surface area contributed by atoms with Gasteiger partial charge in [0.15, 0.2) is 0 Å². The molecule has 2 nitrogen and oxygen atoms in total. The molecule has 0 aliphatic heterocycles. The number of Topliss-reactive ketones (excluding diaryl/α,β-unsaturated/α-hetero) is 2. The molecule has 0 radical (unpaired) electrons. The minimum absolute atomic E-state index is 0.0336. The molecule has 0 heterocycles. The highest BCUT2D eigenvalue weighted by atomic mass is 16.2. The van der Waals surface area contributed by atoms with E-state index in [4.69, 9.17) is 0 Å². The Morgan fingerprint density at radius 1 is 1.30 bits per heavy atom. The van der Waals surface area contributed by atoms with Gasteiger partial charge in [0, 0.05) is 12.8 Å². The lowest BCUT2D eigenvalue weighted by molar-refractivity contribution is -0.133. The van der Waals surface area contributed by atoms with Crippen LogP contribution in [-0.4, -0.2) is 11.6 Å². The Morgan fingerprint density at radius 3 is 2.10 bits per heavy atom. The van der Waals surface area contributed by atoms with Gasteiger partial charge in [0.05, 0.1) is 5.92 Å². The van der Waals surface area contributed by atoms with Crippen molar-refractivity contribution in [2.24, 2.45) is 5.92 Å². The van der Waals surface area contributed by atoms with Crippen LogP contribution in [0.15, 0.2) is 12.7 Å². The van der Waals surface area contributed by atoms with Gasteiger partial charge in [-0.25, -0.2) is 0 Å². The van der Waals surface area contributed by atoms with Crippen molar-refractivity contribution < 1.29 is 9.59 Å². The van der Waals surface area contributed by atoms with Crippen LogP contribution in [0.25, 0.3) is 0 Å². The number of rotatable bonds is 1. The zero-order valence-corrected chi connectivity index (χ0v) is 5.80. The molecule has 1 fully saturated rings. The van der Waals surface area contributed by atoms with Gasteiger partial charge in [-0.2, -0.15) is 0 Å². The summed E-state index contributed by atoms with van der Waals surface area (Å²) >= 11 is 0. The Labute approximate surface area is 59.9 Å². The van der Waals surface area contributed by atoms with Crippen LogP contribution in [0.5, 0.6) is 0 Å². The molecular weight excluding hydrogens is 128 g/mol. The maximum Gasteiger partial charge on any atom is 0.147 e. The molecule has 1 aliphatic rings. The largest absolute Gasteiger partial charge is 0.299 e. The maximum atomic E-state index is 10.9. The Bertz CT molecular complexity index is 166. The third kappa shape index (κ3) is 1.15. The summed E-state index contributed by atoms with van der Waals surface area (Å²) in [6.45, 7) is 3.44. The van der Waals surface area contributed by atoms with E-state index in [9.17, 15) is 9.59 Å². The molecule has 1 saturated carbocycles. The fourth-order valence-corrected chi connectivity index (χ4v) is 1.19. The second-order valence-electron chi connectivity index (χ2n) is 2.50. The van der Waals surface area contributed by atoms with Crippen molar-refractivity contribution in [2.75, 3.05) is 0 Å². The molecule has 0 aromatic heterocycles. The lowest BCUT2D eigenvalue weighted by atomic mass is 9.87. The molecule has 10 heavy (non-hydrogen) atoms. The molecular formula is C8H10O2.